The average molecular weight is 248 g/mol. The van der Waals surface area contributed by atoms with Crippen LogP contribution in [0.5, 0.6) is 0 Å². The molecule has 3 rings (SSSR count). The summed E-state index contributed by atoms with van der Waals surface area (Å²) in [5, 5.41) is 0. The van der Waals surface area contributed by atoms with Gasteiger partial charge < -0.3 is 19.6 Å². The molecule has 0 radical (unpaired) electrons. The molecule has 1 aliphatic heterocycles. The molecule has 2 N–H and O–H groups in total. The average Bonchev–Trinajstić information content (AvgIpc) is 2.72. The maximum atomic E-state index is 5.75. The number of oxazole rings is 1. The van der Waals surface area contributed by atoms with E-state index in [1.165, 1.54) is 0 Å². The molecule has 0 saturated carbocycles. The minimum absolute atomic E-state index is 0.0608. The molecule has 18 heavy (non-hydrogen) atoms. The third kappa shape index (κ3) is 1.90. The lowest BCUT2D eigenvalue weighted by atomic mass is 10.1. The first-order valence-corrected chi connectivity index (χ1v) is 5.98. The minimum atomic E-state index is -0.759. The van der Waals surface area contributed by atoms with Crippen molar-refractivity contribution in [3.05, 3.63) is 29.7 Å². The zero-order chi connectivity index (χ0) is 12.8. The van der Waals surface area contributed by atoms with Gasteiger partial charge in [0.25, 0.3) is 0 Å². The summed E-state index contributed by atoms with van der Waals surface area (Å²) in [7, 11) is 0. The van der Waals surface area contributed by atoms with E-state index in [1.807, 2.05) is 32.0 Å². The van der Waals surface area contributed by atoms with Crippen molar-refractivity contribution in [1.29, 1.82) is 0 Å². The summed E-state index contributed by atoms with van der Waals surface area (Å²) in [4.78, 5) is 4.27. The van der Waals surface area contributed by atoms with Crippen molar-refractivity contribution < 1.29 is 13.9 Å². The lowest BCUT2D eigenvalue weighted by Crippen LogP contribution is -2.46. The number of rotatable bonds is 1. The largest absolute Gasteiger partial charge is 0.441 e. The molecule has 1 aromatic carbocycles. The van der Waals surface area contributed by atoms with E-state index in [4.69, 9.17) is 19.6 Å². The smallest absolute Gasteiger partial charge is 0.192 e. The van der Waals surface area contributed by atoms with Gasteiger partial charge in [0.2, 0.25) is 0 Å². The van der Waals surface area contributed by atoms with Gasteiger partial charge >= 0.3 is 0 Å². The van der Waals surface area contributed by atoms with Crippen LogP contribution in [0.15, 0.2) is 22.6 Å². The molecule has 0 atom stereocenters. The number of fused-ring (bicyclic) bond motifs is 1. The molecule has 1 saturated heterocycles. The van der Waals surface area contributed by atoms with Gasteiger partial charge in [-0.2, -0.15) is 0 Å². The lowest BCUT2D eigenvalue weighted by Gasteiger charge is -2.36. The van der Waals surface area contributed by atoms with Crippen LogP contribution in [0.3, 0.4) is 0 Å². The highest BCUT2D eigenvalue weighted by atomic mass is 16.7. The Bertz CT molecular complexity index is 571. The number of benzene rings is 1. The number of aromatic nitrogens is 1. The van der Waals surface area contributed by atoms with Crippen molar-refractivity contribution in [2.45, 2.75) is 25.7 Å². The van der Waals surface area contributed by atoms with Crippen LogP contribution in [0.25, 0.3) is 11.1 Å². The van der Waals surface area contributed by atoms with Crippen LogP contribution < -0.4 is 5.73 Å². The van der Waals surface area contributed by atoms with Gasteiger partial charge in [-0.1, -0.05) is 6.07 Å². The highest BCUT2D eigenvalue weighted by molar-refractivity contribution is 5.73. The summed E-state index contributed by atoms with van der Waals surface area (Å²) in [6, 6.07) is 5.70. The SMILES string of the molecule is Cc1nc2ccc(C3(C)OCC(N)CO3)cc2o1. The molecule has 0 bridgehead atoms. The molecule has 0 spiro atoms. The third-order valence-corrected chi connectivity index (χ3v) is 3.17. The predicted molar refractivity (Wildman–Crippen MR) is 66.0 cm³/mol. The Morgan fingerprint density at radius 1 is 1.33 bits per heavy atom. The van der Waals surface area contributed by atoms with Gasteiger partial charge in [0.15, 0.2) is 17.3 Å². The molecule has 2 aromatic rings. The van der Waals surface area contributed by atoms with E-state index >= 15 is 0 Å². The second-order valence-electron chi connectivity index (χ2n) is 4.74. The first-order chi connectivity index (χ1) is 8.57. The Morgan fingerprint density at radius 3 is 2.78 bits per heavy atom. The molecule has 1 aliphatic rings. The van der Waals surface area contributed by atoms with Gasteiger partial charge in [-0.3, -0.25) is 0 Å². The van der Waals surface area contributed by atoms with E-state index in [0.29, 0.717) is 19.1 Å². The van der Waals surface area contributed by atoms with E-state index in [2.05, 4.69) is 4.98 Å². The van der Waals surface area contributed by atoms with Gasteiger partial charge in [-0.05, 0) is 19.1 Å². The molecule has 5 heteroatoms. The number of hydrogen-bond acceptors (Lipinski definition) is 5. The summed E-state index contributed by atoms with van der Waals surface area (Å²) >= 11 is 0. The zero-order valence-corrected chi connectivity index (χ0v) is 10.5. The quantitative estimate of drug-likeness (QED) is 0.831. The summed E-state index contributed by atoms with van der Waals surface area (Å²) in [6.45, 7) is 4.70. The Hall–Kier alpha value is -1.43. The minimum Gasteiger partial charge on any atom is -0.441 e. The van der Waals surface area contributed by atoms with Crippen LogP contribution in [0.1, 0.15) is 18.4 Å². The Kier molecular flexibility index (Phi) is 2.62. The summed E-state index contributed by atoms with van der Waals surface area (Å²) in [5.41, 5.74) is 8.25. The van der Waals surface area contributed by atoms with E-state index in [0.717, 1.165) is 16.7 Å². The first kappa shape index (κ1) is 11.6. The molecule has 0 amide bonds. The van der Waals surface area contributed by atoms with Crippen molar-refractivity contribution in [2.75, 3.05) is 13.2 Å². The number of aryl methyl sites for hydroxylation is 1. The normalized spacial score (nSPS) is 28.7. The van der Waals surface area contributed by atoms with Crippen LogP contribution in [0.2, 0.25) is 0 Å². The van der Waals surface area contributed by atoms with E-state index < -0.39 is 5.79 Å². The van der Waals surface area contributed by atoms with E-state index in [1.54, 1.807) is 0 Å². The standard InChI is InChI=1S/C13H16N2O3/c1-8-15-11-4-3-9(5-12(11)18-8)13(2)16-6-10(14)7-17-13/h3-5,10H,6-7,14H2,1-2H3. The van der Waals surface area contributed by atoms with Crippen LogP contribution in [-0.2, 0) is 15.3 Å². The number of nitrogens with two attached hydrogens (primary N) is 1. The Morgan fingerprint density at radius 2 is 2.06 bits per heavy atom. The summed E-state index contributed by atoms with van der Waals surface area (Å²) in [6.07, 6.45) is 0. The molecular formula is C13H16N2O3. The summed E-state index contributed by atoms with van der Waals surface area (Å²) < 4.78 is 16.9. The van der Waals surface area contributed by atoms with Gasteiger partial charge in [0, 0.05) is 12.5 Å². The number of hydrogen-bond donors (Lipinski definition) is 1. The topological polar surface area (TPSA) is 70.5 Å². The highest BCUT2D eigenvalue weighted by Crippen LogP contribution is 2.32. The second-order valence-corrected chi connectivity index (χ2v) is 4.74. The maximum Gasteiger partial charge on any atom is 0.192 e. The summed E-state index contributed by atoms with van der Waals surface area (Å²) in [5.74, 6) is -0.107. The molecule has 2 heterocycles. The molecule has 0 aliphatic carbocycles. The van der Waals surface area contributed by atoms with Gasteiger partial charge in [-0.15, -0.1) is 0 Å². The molecule has 1 fully saturated rings. The molecule has 0 unspecified atom stereocenters. The van der Waals surface area contributed by atoms with Crippen molar-refractivity contribution >= 4 is 11.1 Å². The Balaban J connectivity index is 1.98. The van der Waals surface area contributed by atoms with Gasteiger partial charge in [-0.25, -0.2) is 4.98 Å². The molecule has 96 valence electrons. The van der Waals surface area contributed by atoms with E-state index in [9.17, 15) is 0 Å². The Labute approximate surface area is 105 Å². The second kappa shape index (κ2) is 4.05. The number of ether oxygens (including phenoxy) is 2. The fourth-order valence-electron chi connectivity index (χ4n) is 2.11. The molecular weight excluding hydrogens is 232 g/mol. The van der Waals surface area contributed by atoms with E-state index in [-0.39, 0.29) is 6.04 Å². The third-order valence-electron chi connectivity index (χ3n) is 3.17. The van der Waals surface area contributed by atoms with Crippen LogP contribution in [0.4, 0.5) is 0 Å². The zero-order valence-electron chi connectivity index (χ0n) is 10.5. The highest BCUT2D eigenvalue weighted by Gasteiger charge is 2.34. The van der Waals surface area contributed by atoms with Crippen LogP contribution >= 0.6 is 0 Å². The van der Waals surface area contributed by atoms with Gasteiger partial charge in [0.05, 0.1) is 19.3 Å². The lowest BCUT2D eigenvalue weighted by molar-refractivity contribution is -0.270. The first-order valence-electron chi connectivity index (χ1n) is 5.98. The van der Waals surface area contributed by atoms with Crippen molar-refractivity contribution in [3.63, 3.8) is 0 Å². The van der Waals surface area contributed by atoms with Crippen molar-refractivity contribution in [3.8, 4) is 0 Å². The van der Waals surface area contributed by atoms with Crippen molar-refractivity contribution in [1.82, 2.24) is 4.98 Å². The van der Waals surface area contributed by atoms with Crippen molar-refractivity contribution in [2.24, 2.45) is 5.73 Å². The van der Waals surface area contributed by atoms with Gasteiger partial charge in [0.1, 0.15) is 5.52 Å². The van der Waals surface area contributed by atoms with Crippen LogP contribution in [-0.4, -0.2) is 24.2 Å². The fourth-order valence-corrected chi connectivity index (χ4v) is 2.11. The molecule has 5 nitrogen and oxygen atoms in total. The monoisotopic (exact) mass is 248 g/mol. The molecule has 1 aromatic heterocycles. The maximum absolute atomic E-state index is 5.75. The predicted octanol–water partition coefficient (Wildman–Crippen LogP) is 1.68. The number of nitrogens with zero attached hydrogens (tertiary/aromatic N) is 1. The van der Waals surface area contributed by atoms with Crippen LogP contribution in [0, 0.1) is 6.92 Å². The fraction of sp³-hybridized carbons (Fsp3) is 0.462.